The number of hydrogen-bond acceptors (Lipinski definition) is 7. The number of aryl methyl sites for hydroxylation is 4. The molecule has 0 aromatic carbocycles. The van der Waals surface area contributed by atoms with Crippen molar-refractivity contribution in [3.63, 3.8) is 0 Å². The molecule has 5 rings (SSSR count). The smallest absolute Gasteiger partial charge is 0.259 e. The Bertz CT molecular complexity index is 1090. The van der Waals surface area contributed by atoms with Gasteiger partial charge in [-0.3, -0.25) is 4.79 Å². The SMILES string of the molecule is Cc1cc(C)n(-c2cc(N3CC4CN(C(=O)c5c(C)noc5C)CC4C3)ncn2)n1. The summed E-state index contributed by atoms with van der Waals surface area (Å²) in [7, 11) is 0. The molecule has 0 spiro atoms. The maximum Gasteiger partial charge on any atom is 0.259 e. The highest BCUT2D eigenvalue weighted by molar-refractivity contribution is 5.96. The fourth-order valence-corrected chi connectivity index (χ4v) is 4.78. The molecular formula is C21H25N7O2. The second kappa shape index (κ2) is 6.93. The highest BCUT2D eigenvalue weighted by atomic mass is 16.5. The molecule has 2 aliphatic heterocycles. The van der Waals surface area contributed by atoms with Crippen molar-refractivity contribution >= 4 is 11.7 Å². The largest absolute Gasteiger partial charge is 0.361 e. The van der Waals surface area contributed by atoms with Gasteiger partial charge in [-0.2, -0.15) is 5.10 Å². The van der Waals surface area contributed by atoms with Crippen LogP contribution in [0.3, 0.4) is 0 Å². The average molecular weight is 407 g/mol. The highest BCUT2D eigenvalue weighted by Gasteiger charge is 2.43. The van der Waals surface area contributed by atoms with Gasteiger partial charge in [-0.05, 0) is 33.8 Å². The minimum Gasteiger partial charge on any atom is -0.361 e. The number of nitrogens with zero attached hydrogens (tertiary/aromatic N) is 7. The molecule has 3 aromatic heterocycles. The van der Waals surface area contributed by atoms with E-state index in [0.717, 1.165) is 49.2 Å². The Hall–Kier alpha value is -3.23. The number of carbonyl (C=O) groups is 1. The summed E-state index contributed by atoms with van der Waals surface area (Å²) < 4.78 is 7.02. The molecule has 2 atom stereocenters. The van der Waals surface area contributed by atoms with Gasteiger partial charge in [-0.15, -0.1) is 0 Å². The van der Waals surface area contributed by atoms with Gasteiger partial charge in [0.25, 0.3) is 5.91 Å². The monoisotopic (exact) mass is 407 g/mol. The van der Waals surface area contributed by atoms with E-state index < -0.39 is 0 Å². The van der Waals surface area contributed by atoms with Crippen molar-refractivity contribution in [2.75, 3.05) is 31.1 Å². The number of likely N-dealkylation sites (tertiary alicyclic amines) is 1. The summed E-state index contributed by atoms with van der Waals surface area (Å²) in [5.41, 5.74) is 3.28. The molecule has 156 valence electrons. The third-order valence-corrected chi connectivity index (χ3v) is 6.21. The van der Waals surface area contributed by atoms with E-state index in [-0.39, 0.29) is 5.91 Å². The molecule has 0 bridgehead atoms. The minimum absolute atomic E-state index is 0.0287. The maximum atomic E-state index is 12.9. The quantitative estimate of drug-likeness (QED) is 0.656. The van der Waals surface area contributed by atoms with Crippen molar-refractivity contribution in [1.29, 1.82) is 0 Å². The maximum absolute atomic E-state index is 12.9. The molecule has 1 amide bonds. The van der Waals surface area contributed by atoms with E-state index in [9.17, 15) is 4.79 Å². The summed E-state index contributed by atoms with van der Waals surface area (Å²) in [4.78, 5) is 26.1. The summed E-state index contributed by atoms with van der Waals surface area (Å²) in [6.45, 7) is 10.9. The van der Waals surface area contributed by atoms with Gasteiger partial charge in [0.2, 0.25) is 0 Å². The summed E-state index contributed by atoms with van der Waals surface area (Å²) in [6, 6.07) is 4.03. The first-order valence-corrected chi connectivity index (χ1v) is 10.2. The van der Waals surface area contributed by atoms with E-state index in [0.29, 0.717) is 28.9 Å². The normalized spacial score (nSPS) is 20.8. The topological polar surface area (TPSA) is 93.2 Å². The van der Waals surface area contributed by atoms with Gasteiger partial charge in [0.1, 0.15) is 23.5 Å². The first-order chi connectivity index (χ1) is 14.4. The van der Waals surface area contributed by atoms with Crippen LogP contribution in [0.5, 0.6) is 0 Å². The fourth-order valence-electron chi connectivity index (χ4n) is 4.78. The molecule has 5 heterocycles. The second-order valence-corrected chi connectivity index (χ2v) is 8.41. The Morgan fingerprint density at radius 3 is 2.30 bits per heavy atom. The van der Waals surface area contributed by atoms with E-state index >= 15 is 0 Å². The van der Waals surface area contributed by atoms with Crippen molar-refractivity contribution in [3.05, 3.63) is 46.9 Å². The van der Waals surface area contributed by atoms with Crippen molar-refractivity contribution < 1.29 is 9.32 Å². The molecule has 0 saturated carbocycles. The number of anilines is 1. The molecule has 3 aromatic rings. The zero-order chi connectivity index (χ0) is 21.0. The van der Waals surface area contributed by atoms with E-state index in [1.54, 1.807) is 13.3 Å². The Morgan fingerprint density at radius 1 is 1.00 bits per heavy atom. The molecule has 9 nitrogen and oxygen atoms in total. The third kappa shape index (κ3) is 3.05. The second-order valence-electron chi connectivity index (χ2n) is 8.41. The van der Waals surface area contributed by atoms with Crippen LogP contribution in [0.15, 0.2) is 23.0 Å². The molecule has 2 fully saturated rings. The van der Waals surface area contributed by atoms with Crippen LogP contribution in [-0.2, 0) is 0 Å². The van der Waals surface area contributed by atoms with Crippen LogP contribution in [-0.4, -0.2) is 61.9 Å². The molecule has 30 heavy (non-hydrogen) atoms. The molecular weight excluding hydrogens is 382 g/mol. The number of amides is 1. The Kier molecular flexibility index (Phi) is 4.34. The lowest BCUT2D eigenvalue weighted by Crippen LogP contribution is -2.34. The number of hydrogen-bond donors (Lipinski definition) is 0. The van der Waals surface area contributed by atoms with Crippen molar-refractivity contribution in [2.45, 2.75) is 27.7 Å². The predicted octanol–water partition coefficient (Wildman–Crippen LogP) is 2.09. The molecule has 0 aliphatic carbocycles. The van der Waals surface area contributed by atoms with Crippen LogP contribution in [0.4, 0.5) is 5.82 Å². The first-order valence-electron chi connectivity index (χ1n) is 10.2. The molecule has 0 radical (unpaired) electrons. The van der Waals surface area contributed by atoms with E-state index in [1.165, 1.54) is 0 Å². The number of carbonyl (C=O) groups excluding carboxylic acids is 1. The highest BCUT2D eigenvalue weighted by Crippen LogP contribution is 2.34. The van der Waals surface area contributed by atoms with E-state index in [2.05, 4.69) is 25.1 Å². The Balaban J connectivity index is 1.30. The van der Waals surface area contributed by atoms with Crippen LogP contribution in [0.2, 0.25) is 0 Å². The van der Waals surface area contributed by atoms with Crippen LogP contribution < -0.4 is 4.90 Å². The van der Waals surface area contributed by atoms with Gasteiger partial charge in [-0.25, -0.2) is 14.6 Å². The van der Waals surface area contributed by atoms with E-state index in [4.69, 9.17) is 4.52 Å². The van der Waals surface area contributed by atoms with E-state index in [1.807, 2.05) is 42.5 Å². The van der Waals surface area contributed by atoms with Crippen molar-refractivity contribution in [2.24, 2.45) is 11.8 Å². The van der Waals surface area contributed by atoms with Crippen LogP contribution in [0, 0.1) is 39.5 Å². The van der Waals surface area contributed by atoms with Gasteiger partial charge >= 0.3 is 0 Å². The first kappa shape index (κ1) is 18.8. The van der Waals surface area contributed by atoms with Gasteiger partial charge in [0, 0.05) is 49.8 Å². The van der Waals surface area contributed by atoms with Crippen LogP contribution in [0.1, 0.15) is 33.2 Å². The van der Waals surface area contributed by atoms with Crippen LogP contribution >= 0.6 is 0 Å². The molecule has 0 N–H and O–H groups in total. The lowest BCUT2D eigenvalue weighted by atomic mass is 10.0. The van der Waals surface area contributed by atoms with Gasteiger partial charge in [0.15, 0.2) is 5.82 Å². The summed E-state index contributed by atoms with van der Waals surface area (Å²) in [6.07, 6.45) is 1.60. The number of rotatable bonds is 3. The number of fused-ring (bicyclic) bond motifs is 1. The summed E-state index contributed by atoms with van der Waals surface area (Å²) >= 11 is 0. The lowest BCUT2D eigenvalue weighted by molar-refractivity contribution is 0.0780. The Labute approximate surface area is 174 Å². The van der Waals surface area contributed by atoms with Gasteiger partial charge in [-0.1, -0.05) is 5.16 Å². The summed E-state index contributed by atoms with van der Waals surface area (Å²) in [5, 5.41) is 8.45. The van der Waals surface area contributed by atoms with Crippen LogP contribution in [0.25, 0.3) is 5.82 Å². The molecule has 2 saturated heterocycles. The zero-order valence-electron chi connectivity index (χ0n) is 17.7. The minimum atomic E-state index is 0.0287. The fraction of sp³-hybridized carbons (Fsp3) is 0.476. The zero-order valence-corrected chi connectivity index (χ0v) is 17.7. The Morgan fingerprint density at radius 2 is 1.70 bits per heavy atom. The lowest BCUT2D eigenvalue weighted by Gasteiger charge is -2.22. The number of aromatic nitrogens is 5. The molecule has 2 unspecified atom stereocenters. The molecule has 2 aliphatic rings. The standard InChI is InChI=1S/C21H25N7O2/c1-12-5-13(2)28(24-12)19-6-18(22-11-23-19)26-7-16-9-27(10-17(16)8-26)21(29)20-14(3)25-30-15(20)4/h5-6,11,16-17H,7-10H2,1-4H3. The average Bonchev–Trinajstić information content (AvgIpc) is 3.45. The summed E-state index contributed by atoms with van der Waals surface area (Å²) in [5.74, 6) is 3.17. The van der Waals surface area contributed by atoms with Gasteiger partial charge in [0.05, 0.1) is 11.4 Å². The van der Waals surface area contributed by atoms with Gasteiger partial charge < -0.3 is 14.3 Å². The third-order valence-electron chi connectivity index (χ3n) is 6.21. The molecule has 9 heteroatoms. The van der Waals surface area contributed by atoms with Crippen molar-refractivity contribution in [3.8, 4) is 5.82 Å². The predicted molar refractivity (Wildman–Crippen MR) is 110 cm³/mol. The van der Waals surface area contributed by atoms with Crippen molar-refractivity contribution in [1.82, 2.24) is 29.8 Å².